The van der Waals surface area contributed by atoms with Gasteiger partial charge < -0.3 is 9.73 Å². The standard InChI is InChI=1S/C15H14N2O/c1-2-7-15-12(4-1)5-3-6-13(15)8-16-9-14-10-17-11-18-14/h1-7,10-11,16H,8-9H2. The van der Waals surface area contributed by atoms with Crippen LogP contribution >= 0.6 is 0 Å². The summed E-state index contributed by atoms with van der Waals surface area (Å²) in [6.07, 6.45) is 3.19. The van der Waals surface area contributed by atoms with Crippen molar-refractivity contribution in [2.24, 2.45) is 0 Å². The summed E-state index contributed by atoms with van der Waals surface area (Å²) in [5, 5.41) is 5.93. The Hall–Kier alpha value is -2.13. The molecule has 3 rings (SSSR count). The highest BCUT2D eigenvalue weighted by Crippen LogP contribution is 2.18. The molecule has 1 N–H and O–H groups in total. The molecule has 0 aliphatic carbocycles. The van der Waals surface area contributed by atoms with Crippen LogP contribution in [0.25, 0.3) is 10.8 Å². The Bertz CT molecular complexity index is 627. The van der Waals surface area contributed by atoms with E-state index in [1.54, 1.807) is 6.20 Å². The Morgan fingerprint density at radius 2 is 1.89 bits per heavy atom. The number of benzene rings is 2. The maximum Gasteiger partial charge on any atom is 0.180 e. The van der Waals surface area contributed by atoms with Crippen LogP contribution in [-0.4, -0.2) is 4.98 Å². The molecule has 0 amide bonds. The van der Waals surface area contributed by atoms with Gasteiger partial charge in [-0.1, -0.05) is 42.5 Å². The highest BCUT2D eigenvalue weighted by atomic mass is 16.3. The first-order valence-electron chi connectivity index (χ1n) is 5.98. The van der Waals surface area contributed by atoms with Gasteiger partial charge in [-0.2, -0.15) is 0 Å². The third-order valence-electron chi connectivity index (χ3n) is 2.98. The van der Waals surface area contributed by atoms with Crippen molar-refractivity contribution in [3.63, 3.8) is 0 Å². The lowest BCUT2D eigenvalue weighted by Gasteiger charge is -2.07. The first kappa shape index (κ1) is 11.0. The molecule has 3 aromatic rings. The predicted octanol–water partition coefficient (Wildman–Crippen LogP) is 3.12. The number of aromatic nitrogens is 1. The Balaban J connectivity index is 1.74. The van der Waals surface area contributed by atoms with Gasteiger partial charge in [0.1, 0.15) is 5.76 Å². The van der Waals surface area contributed by atoms with Crippen LogP contribution in [0.4, 0.5) is 0 Å². The molecule has 0 saturated carbocycles. The Labute approximate surface area is 105 Å². The van der Waals surface area contributed by atoms with E-state index in [-0.39, 0.29) is 0 Å². The van der Waals surface area contributed by atoms with E-state index in [0.717, 1.165) is 12.3 Å². The molecule has 18 heavy (non-hydrogen) atoms. The van der Waals surface area contributed by atoms with Crippen molar-refractivity contribution in [3.05, 3.63) is 66.4 Å². The second-order valence-electron chi connectivity index (χ2n) is 4.21. The minimum Gasteiger partial charge on any atom is -0.447 e. The summed E-state index contributed by atoms with van der Waals surface area (Å²) < 4.78 is 5.19. The minimum absolute atomic E-state index is 0.698. The van der Waals surface area contributed by atoms with Crippen molar-refractivity contribution in [1.82, 2.24) is 10.3 Å². The number of fused-ring (bicyclic) bond motifs is 1. The van der Waals surface area contributed by atoms with Gasteiger partial charge in [0.15, 0.2) is 6.39 Å². The number of nitrogens with zero attached hydrogens (tertiary/aromatic N) is 1. The van der Waals surface area contributed by atoms with E-state index in [1.165, 1.54) is 22.7 Å². The van der Waals surface area contributed by atoms with Crippen molar-refractivity contribution in [2.45, 2.75) is 13.1 Å². The largest absolute Gasteiger partial charge is 0.447 e. The third kappa shape index (κ3) is 2.26. The Kier molecular flexibility index (Phi) is 3.07. The molecule has 0 unspecified atom stereocenters. The molecule has 0 aliphatic rings. The van der Waals surface area contributed by atoms with E-state index >= 15 is 0 Å². The van der Waals surface area contributed by atoms with Gasteiger partial charge in [-0.15, -0.1) is 0 Å². The van der Waals surface area contributed by atoms with Crippen molar-refractivity contribution < 1.29 is 4.42 Å². The number of rotatable bonds is 4. The van der Waals surface area contributed by atoms with Crippen LogP contribution < -0.4 is 5.32 Å². The fraction of sp³-hybridized carbons (Fsp3) is 0.133. The average molecular weight is 238 g/mol. The quantitative estimate of drug-likeness (QED) is 0.759. The molecule has 1 aromatic heterocycles. The van der Waals surface area contributed by atoms with E-state index in [4.69, 9.17) is 4.42 Å². The van der Waals surface area contributed by atoms with Gasteiger partial charge in [0.2, 0.25) is 0 Å². The molecule has 3 heteroatoms. The molecule has 0 radical (unpaired) electrons. The monoisotopic (exact) mass is 238 g/mol. The highest BCUT2D eigenvalue weighted by molar-refractivity contribution is 5.85. The molecule has 90 valence electrons. The van der Waals surface area contributed by atoms with Crippen LogP contribution in [0.1, 0.15) is 11.3 Å². The molecular formula is C15H14N2O. The second-order valence-corrected chi connectivity index (χ2v) is 4.21. The topological polar surface area (TPSA) is 38.1 Å². The van der Waals surface area contributed by atoms with Gasteiger partial charge in [-0.3, -0.25) is 0 Å². The van der Waals surface area contributed by atoms with Crippen LogP contribution in [0.3, 0.4) is 0 Å². The lowest BCUT2D eigenvalue weighted by molar-refractivity contribution is 0.479. The summed E-state index contributed by atoms with van der Waals surface area (Å²) in [6.45, 7) is 1.52. The normalized spacial score (nSPS) is 10.9. The summed E-state index contributed by atoms with van der Waals surface area (Å²) in [4.78, 5) is 3.89. The molecule has 2 aromatic carbocycles. The SMILES string of the molecule is c1ccc2c(CNCc3cnco3)cccc2c1. The zero-order valence-corrected chi connectivity index (χ0v) is 9.97. The zero-order chi connectivity index (χ0) is 12.2. The summed E-state index contributed by atoms with van der Waals surface area (Å²) in [5.41, 5.74) is 1.30. The first-order valence-corrected chi connectivity index (χ1v) is 5.98. The fourth-order valence-electron chi connectivity index (χ4n) is 2.10. The number of oxazole rings is 1. The average Bonchev–Trinajstić information content (AvgIpc) is 2.92. The van der Waals surface area contributed by atoms with Crippen LogP contribution in [0.15, 0.2) is 59.5 Å². The van der Waals surface area contributed by atoms with E-state index in [2.05, 4.69) is 52.8 Å². The minimum atomic E-state index is 0.698. The maximum atomic E-state index is 5.19. The van der Waals surface area contributed by atoms with Crippen LogP contribution in [0, 0.1) is 0 Å². The molecule has 0 spiro atoms. The van der Waals surface area contributed by atoms with Gasteiger partial charge >= 0.3 is 0 Å². The molecule has 0 bridgehead atoms. The summed E-state index contributed by atoms with van der Waals surface area (Å²) in [7, 11) is 0. The molecule has 0 aliphatic heterocycles. The Morgan fingerprint density at radius 3 is 2.78 bits per heavy atom. The van der Waals surface area contributed by atoms with Gasteiger partial charge in [0.25, 0.3) is 0 Å². The van der Waals surface area contributed by atoms with Crippen molar-refractivity contribution in [3.8, 4) is 0 Å². The maximum absolute atomic E-state index is 5.19. The first-order chi connectivity index (χ1) is 8.93. The van der Waals surface area contributed by atoms with Crippen LogP contribution in [0.2, 0.25) is 0 Å². The number of nitrogens with one attached hydrogen (secondary N) is 1. The molecule has 0 saturated heterocycles. The number of hydrogen-bond donors (Lipinski definition) is 1. The zero-order valence-electron chi connectivity index (χ0n) is 9.97. The van der Waals surface area contributed by atoms with Gasteiger partial charge in [0, 0.05) is 6.54 Å². The second kappa shape index (κ2) is 5.02. The lowest BCUT2D eigenvalue weighted by atomic mass is 10.0. The van der Waals surface area contributed by atoms with Crippen LogP contribution in [0.5, 0.6) is 0 Å². The van der Waals surface area contributed by atoms with Gasteiger partial charge in [0.05, 0.1) is 12.7 Å². The molecule has 1 heterocycles. The van der Waals surface area contributed by atoms with Crippen molar-refractivity contribution in [2.75, 3.05) is 0 Å². The smallest absolute Gasteiger partial charge is 0.180 e. The van der Waals surface area contributed by atoms with E-state index in [0.29, 0.717) is 6.54 Å². The van der Waals surface area contributed by atoms with E-state index in [1.807, 2.05) is 0 Å². The van der Waals surface area contributed by atoms with Crippen LogP contribution in [-0.2, 0) is 13.1 Å². The third-order valence-corrected chi connectivity index (χ3v) is 2.98. The van der Waals surface area contributed by atoms with Gasteiger partial charge in [-0.25, -0.2) is 4.98 Å². The fourth-order valence-corrected chi connectivity index (χ4v) is 2.10. The van der Waals surface area contributed by atoms with E-state index < -0.39 is 0 Å². The molecular weight excluding hydrogens is 224 g/mol. The number of hydrogen-bond acceptors (Lipinski definition) is 3. The highest BCUT2D eigenvalue weighted by Gasteiger charge is 2.00. The molecule has 0 fully saturated rings. The molecule has 0 atom stereocenters. The van der Waals surface area contributed by atoms with Crippen molar-refractivity contribution >= 4 is 10.8 Å². The predicted molar refractivity (Wildman–Crippen MR) is 71.0 cm³/mol. The van der Waals surface area contributed by atoms with Crippen molar-refractivity contribution in [1.29, 1.82) is 0 Å². The lowest BCUT2D eigenvalue weighted by Crippen LogP contribution is -2.12. The molecule has 3 nitrogen and oxygen atoms in total. The summed E-state index contributed by atoms with van der Waals surface area (Å²) in [5.74, 6) is 0.857. The van der Waals surface area contributed by atoms with Gasteiger partial charge in [-0.05, 0) is 16.3 Å². The van der Waals surface area contributed by atoms with E-state index in [9.17, 15) is 0 Å². The summed E-state index contributed by atoms with van der Waals surface area (Å²) >= 11 is 0. The Morgan fingerprint density at radius 1 is 1.00 bits per heavy atom. The summed E-state index contributed by atoms with van der Waals surface area (Å²) in [6, 6.07) is 14.8.